The molecule has 0 amide bonds. The highest BCUT2D eigenvalue weighted by Crippen LogP contribution is 2.24. The minimum absolute atomic E-state index is 0.159. The van der Waals surface area contributed by atoms with Crippen molar-refractivity contribution in [2.24, 2.45) is 0 Å². The summed E-state index contributed by atoms with van der Waals surface area (Å²) >= 11 is 0. The molecule has 0 bridgehead atoms. The lowest BCUT2D eigenvalue weighted by molar-refractivity contribution is 0.390. The van der Waals surface area contributed by atoms with Crippen molar-refractivity contribution in [2.75, 3.05) is 38.7 Å². The Labute approximate surface area is 121 Å². The average Bonchev–Trinajstić information content (AvgIpc) is 2.38. The normalized spacial score (nSPS) is 13.4. The number of rotatable bonds is 7. The Bertz CT molecular complexity index is 543. The van der Waals surface area contributed by atoms with Gasteiger partial charge in [-0.1, -0.05) is 0 Å². The highest BCUT2D eigenvalue weighted by Gasteiger charge is 2.18. The van der Waals surface area contributed by atoms with Crippen molar-refractivity contribution in [3.8, 4) is 0 Å². The van der Waals surface area contributed by atoms with E-state index in [1.807, 2.05) is 21.0 Å². The number of nitrogens with zero attached hydrogens (tertiary/aromatic N) is 1. The molecule has 1 unspecified atom stereocenters. The van der Waals surface area contributed by atoms with Gasteiger partial charge in [0.15, 0.2) is 0 Å². The molecule has 1 rings (SSSR count). The van der Waals surface area contributed by atoms with Gasteiger partial charge in [-0.3, -0.25) is 0 Å². The smallest absolute Gasteiger partial charge is 0.242 e. The van der Waals surface area contributed by atoms with Crippen LogP contribution in [-0.2, 0) is 10.0 Å². The van der Waals surface area contributed by atoms with Crippen LogP contribution < -0.4 is 15.8 Å². The Kier molecular flexibility index (Phi) is 5.79. The highest BCUT2D eigenvalue weighted by atomic mass is 32.2. The molecule has 0 saturated heterocycles. The predicted octanol–water partition coefficient (Wildman–Crippen LogP) is 0.929. The van der Waals surface area contributed by atoms with Crippen LogP contribution in [0, 0.1) is 0 Å². The summed E-state index contributed by atoms with van der Waals surface area (Å²) in [4.78, 5) is 2.27. The maximum atomic E-state index is 12.0. The van der Waals surface area contributed by atoms with E-state index in [1.54, 1.807) is 12.1 Å². The van der Waals surface area contributed by atoms with Crippen molar-refractivity contribution in [1.29, 1.82) is 0 Å². The van der Waals surface area contributed by atoms with Crippen molar-refractivity contribution in [3.63, 3.8) is 0 Å². The number of nitrogens with two attached hydrogens (primary N) is 1. The number of nitrogen functional groups attached to an aromatic ring is 1. The van der Waals surface area contributed by atoms with Crippen LogP contribution in [0.25, 0.3) is 0 Å². The molecule has 4 N–H and O–H groups in total. The number of nitrogens with one attached hydrogen (secondary N) is 2. The number of hydrogen-bond donors (Lipinski definition) is 3. The zero-order chi connectivity index (χ0) is 15.3. The second kappa shape index (κ2) is 6.92. The first-order chi connectivity index (χ1) is 9.26. The number of sulfonamides is 1. The molecular formula is C13H24N4O2S. The van der Waals surface area contributed by atoms with Gasteiger partial charge in [-0.15, -0.1) is 0 Å². The number of benzene rings is 1. The molecule has 20 heavy (non-hydrogen) atoms. The van der Waals surface area contributed by atoms with Crippen molar-refractivity contribution >= 4 is 21.4 Å². The van der Waals surface area contributed by atoms with E-state index >= 15 is 0 Å². The van der Waals surface area contributed by atoms with Gasteiger partial charge in [0.25, 0.3) is 0 Å². The van der Waals surface area contributed by atoms with Crippen LogP contribution in [0.2, 0.25) is 0 Å². The molecule has 0 aliphatic heterocycles. The van der Waals surface area contributed by atoms with E-state index in [1.165, 1.54) is 13.1 Å². The fourth-order valence-electron chi connectivity index (χ4n) is 1.78. The number of hydrogen-bond acceptors (Lipinski definition) is 5. The third-order valence-electron chi connectivity index (χ3n) is 2.98. The molecule has 0 aromatic heterocycles. The van der Waals surface area contributed by atoms with Gasteiger partial charge in [-0.05, 0) is 59.2 Å². The summed E-state index contributed by atoms with van der Waals surface area (Å²) < 4.78 is 26.3. The molecule has 0 heterocycles. The van der Waals surface area contributed by atoms with Crippen molar-refractivity contribution < 1.29 is 8.42 Å². The lowest BCUT2D eigenvalue weighted by atomic mass is 10.2. The third kappa shape index (κ3) is 4.66. The maximum Gasteiger partial charge on any atom is 0.242 e. The topological polar surface area (TPSA) is 87.5 Å². The molecule has 1 aromatic rings. The van der Waals surface area contributed by atoms with Crippen molar-refractivity contribution in [1.82, 2.24) is 9.62 Å². The summed E-state index contributed by atoms with van der Waals surface area (Å²) in [7, 11) is 1.87. The molecule has 0 radical (unpaired) electrons. The minimum Gasteiger partial charge on any atom is -0.399 e. The standard InChI is InChI=1S/C13H24N4O2S/c1-10(7-8-17(3)4)16-12-6-5-11(14)9-13(12)20(18,19)15-2/h5-6,9-10,15-16H,7-8,14H2,1-4H3. The fourth-order valence-corrected chi connectivity index (χ4v) is 2.71. The van der Waals surface area contributed by atoms with Crippen LogP contribution in [0.4, 0.5) is 11.4 Å². The van der Waals surface area contributed by atoms with Gasteiger partial charge in [0.05, 0.1) is 5.69 Å². The summed E-state index contributed by atoms with van der Waals surface area (Å²) in [5.41, 5.74) is 6.67. The van der Waals surface area contributed by atoms with Crippen LogP contribution in [0.5, 0.6) is 0 Å². The van der Waals surface area contributed by atoms with Gasteiger partial charge in [-0.25, -0.2) is 13.1 Å². The molecule has 1 atom stereocenters. The first-order valence-electron chi connectivity index (χ1n) is 6.50. The van der Waals surface area contributed by atoms with E-state index < -0.39 is 10.0 Å². The van der Waals surface area contributed by atoms with E-state index in [2.05, 4.69) is 14.9 Å². The lowest BCUT2D eigenvalue weighted by Gasteiger charge is -2.20. The van der Waals surface area contributed by atoms with Gasteiger partial charge >= 0.3 is 0 Å². The molecule has 114 valence electrons. The second-order valence-electron chi connectivity index (χ2n) is 5.10. The van der Waals surface area contributed by atoms with Crippen LogP contribution in [0.15, 0.2) is 23.1 Å². The summed E-state index contributed by atoms with van der Waals surface area (Å²) in [6.07, 6.45) is 0.913. The van der Waals surface area contributed by atoms with Crippen LogP contribution in [-0.4, -0.2) is 47.0 Å². The molecule has 7 heteroatoms. The van der Waals surface area contributed by atoms with Gasteiger partial charge in [0, 0.05) is 11.7 Å². The lowest BCUT2D eigenvalue weighted by Crippen LogP contribution is -2.25. The van der Waals surface area contributed by atoms with Gasteiger partial charge in [-0.2, -0.15) is 0 Å². The second-order valence-corrected chi connectivity index (χ2v) is 6.96. The molecule has 0 spiro atoms. The Balaban J connectivity index is 2.95. The highest BCUT2D eigenvalue weighted by molar-refractivity contribution is 7.89. The maximum absolute atomic E-state index is 12.0. The molecular weight excluding hydrogens is 276 g/mol. The van der Waals surface area contributed by atoms with Crippen LogP contribution in [0.1, 0.15) is 13.3 Å². The summed E-state index contributed by atoms with van der Waals surface area (Å²) in [6, 6.07) is 5.01. The van der Waals surface area contributed by atoms with E-state index in [-0.39, 0.29) is 10.9 Å². The van der Waals surface area contributed by atoms with Crippen LogP contribution in [0.3, 0.4) is 0 Å². The molecule has 0 aliphatic carbocycles. The van der Waals surface area contributed by atoms with E-state index in [0.717, 1.165) is 13.0 Å². The quantitative estimate of drug-likeness (QED) is 0.652. The first kappa shape index (κ1) is 16.7. The summed E-state index contributed by atoms with van der Waals surface area (Å²) in [5.74, 6) is 0. The fraction of sp³-hybridized carbons (Fsp3) is 0.538. The van der Waals surface area contributed by atoms with E-state index in [0.29, 0.717) is 11.4 Å². The Morgan fingerprint density at radius 3 is 2.55 bits per heavy atom. The summed E-state index contributed by atoms with van der Waals surface area (Å²) in [5, 5.41) is 3.23. The van der Waals surface area contributed by atoms with Crippen molar-refractivity contribution in [2.45, 2.75) is 24.3 Å². The Hall–Kier alpha value is -1.31. The zero-order valence-electron chi connectivity index (χ0n) is 12.5. The van der Waals surface area contributed by atoms with Gasteiger partial charge in [0.1, 0.15) is 4.90 Å². The number of anilines is 2. The molecule has 1 aromatic carbocycles. The SMILES string of the molecule is CNS(=O)(=O)c1cc(N)ccc1NC(C)CCN(C)C. The van der Waals surface area contributed by atoms with Crippen molar-refractivity contribution in [3.05, 3.63) is 18.2 Å². The first-order valence-corrected chi connectivity index (χ1v) is 7.99. The monoisotopic (exact) mass is 300 g/mol. The molecule has 0 aliphatic rings. The molecule has 0 saturated carbocycles. The molecule has 6 nitrogen and oxygen atoms in total. The predicted molar refractivity (Wildman–Crippen MR) is 83.4 cm³/mol. The Morgan fingerprint density at radius 2 is 2.00 bits per heavy atom. The largest absolute Gasteiger partial charge is 0.399 e. The third-order valence-corrected chi connectivity index (χ3v) is 4.43. The minimum atomic E-state index is -3.53. The van der Waals surface area contributed by atoms with Gasteiger partial charge in [0.2, 0.25) is 10.0 Å². The average molecular weight is 300 g/mol. The zero-order valence-corrected chi connectivity index (χ0v) is 13.3. The summed E-state index contributed by atoms with van der Waals surface area (Å²) in [6.45, 7) is 2.95. The Morgan fingerprint density at radius 1 is 1.35 bits per heavy atom. The molecule has 0 fully saturated rings. The van der Waals surface area contributed by atoms with E-state index in [4.69, 9.17) is 5.73 Å². The van der Waals surface area contributed by atoms with Gasteiger partial charge < -0.3 is 16.0 Å². The van der Waals surface area contributed by atoms with Crippen LogP contribution >= 0.6 is 0 Å². The van der Waals surface area contributed by atoms with E-state index in [9.17, 15) is 8.42 Å².